The van der Waals surface area contributed by atoms with Crippen LogP contribution in [0.25, 0.3) is 22.0 Å². The Labute approximate surface area is 206 Å². The number of benzene rings is 2. The van der Waals surface area contributed by atoms with Gasteiger partial charge in [0.25, 0.3) is 0 Å². The highest BCUT2D eigenvalue weighted by Gasteiger charge is 2.30. The van der Waals surface area contributed by atoms with Gasteiger partial charge in [0.05, 0.1) is 23.2 Å². The summed E-state index contributed by atoms with van der Waals surface area (Å²) in [5, 5.41) is 1.10. The number of hydrogen-bond acceptors (Lipinski definition) is 5. The van der Waals surface area contributed by atoms with Gasteiger partial charge in [-0.2, -0.15) is 4.98 Å². The number of ether oxygens (including phenoxy) is 1. The first-order valence-corrected chi connectivity index (χ1v) is 12.8. The third-order valence-electron chi connectivity index (χ3n) is 6.65. The standard InChI is InChI=1S/C25H26ClF2N3O2S/c1-13-6-14(2)10-30(9-13)24-18-8-19(26)21(17-5-4-15(27)7-20(17)28)23-22(18)31(25(32)29-24)11-16(33-3)12-34-23/h4-5,7-8,13-14,16H,6,9-12H2,1-3H3/t13-,14+,16-/m1/s1. The normalized spacial score (nSPS) is 22.8. The van der Waals surface area contributed by atoms with Crippen LogP contribution in [-0.4, -0.2) is 41.6 Å². The second-order valence-electron chi connectivity index (χ2n) is 9.43. The Bertz CT molecular complexity index is 1320. The van der Waals surface area contributed by atoms with E-state index in [4.69, 9.17) is 16.3 Å². The number of rotatable bonds is 3. The molecule has 0 bridgehead atoms. The summed E-state index contributed by atoms with van der Waals surface area (Å²) in [6.07, 6.45) is 0.891. The summed E-state index contributed by atoms with van der Waals surface area (Å²) in [6.45, 7) is 6.33. The SMILES string of the molecule is CO[C@H]1CSc2c(-c3ccc(F)cc3F)c(Cl)cc3c(N4C[C@H](C)C[C@H](C)C4)nc(=O)n(c23)C1. The van der Waals surface area contributed by atoms with Crippen molar-refractivity contribution in [3.8, 4) is 11.1 Å². The molecule has 34 heavy (non-hydrogen) atoms. The monoisotopic (exact) mass is 505 g/mol. The zero-order chi connectivity index (χ0) is 24.1. The second kappa shape index (κ2) is 9.13. The van der Waals surface area contributed by atoms with Gasteiger partial charge in [0.15, 0.2) is 0 Å². The third-order valence-corrected chi connectivity index (χ3v) is 8.18. The molecule has 0 spiro atoms. The van der Waals surface area contributed by atoms with E-state index < -0.39 is 11.6 Å². The second-order valence-corrected chi connectivity index (χ2v) is 10.9. The Balaban J connectivity index is 1.83. The van der Waals surface area contributed by atoms with E-state index in [2.05, 4.69) is 23.7 Å². The van der Waals surface area contributed by atoms with Crippen molar-refractivity contribution in [3.05, 3.63) is 51.4 Å². The molecule has 1 saturated heterocycles. The maximum Gasteiger partial charge on any atom is 0.350 e. The first kappa shape index (κ1) is 23.6. The van der Waals surface area contributed by atoms with Crippen LogP contribution >= 0.6 is 23.4 Å². The highest BCUT2D eigenvalue weighted by atomic mass is 35.5. The molecule has 0 aliphatic carbocycles. The molecule has 180 valence electrons. The number of nitrogens with zero attached hydrogens (tertiary/aromatic N) is 3. The molecule has 1 aromatic heterocycles. The molecule has 0 amide bonds. The van der Waals surface area contributed by atoms with Crippen molar-refractivity contribution in [2.45, 2.75) is 37.8 Å². The Morgan fingerprint density at radius 1 is 1.15 bits per heavy atom. The molecule has 3 atom stereocenters. The summed E-state index contributed by atoms with van der Waals surface area (Å²) < 4.78 is 35.8. The molecule has 0 radical (unpaired) electrons. The predicted octanol–water partition coefficient (Wildman–Crippen LogP) is 5.60. The van der Waals surface area contributed by atoms with Crippen molar-refractivity contribution in [2.24, 2.45) is 11.8 Å². The van der Waals surface area contributed by atoms with Crippen LogP contribution in [0.5, 0.6) is 0 Å². The van der Waals surface area contributed by atoms with Crippen LogP contribution < -0.4 is 10.6 Å². The van der Waals surface area contributed by atoms with Crippen molar-refractivity contribution >= 4 is 40.1 Å². The lowest BCUT2D eigenvalue weighted by Crippen LogP contribution is -2.41. The molecule has 2 aliphatic heterocycles. The molecule has 3 heterocycles. The van der Waals surface area contributed by atoms with Crippen LogP contribution in [0.15, 0.2) is 34.0 Å². The number of piperidine rings is 1. The topological polar surface area (TPSA) is 47.4 Å². The Hall–Kier alpha value is -2.16. The fourth-order valence-corrected chi connectivity index (χ4v) is 6.94. The quantitative estimate of drug-likeness (QED) is 0.464. The van der Waals surface area contributed by atoms with Gasteiger partial charge in [-0.05, 0) is 36.5 Å². The maximum atomic E-state index is 14.9. The lowest BCUT2D eigenvalue weighted by atomic mass is 9.91. The summed E-state index contributed by atoms with van der Waals surface area (Å²) >= 11 is 8.28. The fraction of sp³-hybridized carbons (Fsp3) is 0.440. The Morgan fingerprint density at radius 2 is 1.88 bits per heavy atom. The Kier molecular flexibility index (Phi) is 6.33. The molecule has 5 nitrogen and oxygen atoms in total. The minimum absolute atomic E-state index is 0.198. The first-order valence-electron chi connectivity index (χ1n) is 11.4. The molecular weight excluding hydrogens is 480 g/mol. The van der Waals surface area contributed by atoms with Gasteiger partial charge < -0.3 is 9.64 Å². The number of thioether (sulfide) groups is 1. The van der Waals surface area contributed by atoms with Crippen LogP contribution in [0.4, 0.5) is 14.6 Å². The fourth-order valence-electron chi connectivity index (χ4n) is 5.27. The summed E-state index contributed by atoms with van der Waals surface area (Å²) in [5.74, 6) is 0.735. The average molecular weight is 506 g/mol. The number of aromatic nitrogens is 2. The summed E-state index contributed by atoms with van der Waals surface area (Å²) in [4.78, 5) is 20.7. The lowest BCUT2D eigenvalue weighted by molar-refractivity contribution is 0.107. The van der Waals surface area contributed by atoms with Gasteiger partial charge in [-0.25, -0.2) is 13.6 Å². The summed E-state index contributed by atoms with van der Waals surface area (Å²) in [7, 11) is 1.61. The number of methoxy groups -OCH3 is 1. The van der Waals surface area contributed by atoms with Crippen molar-refractivity contribution in [1.29, 1.82) is 0 Å². The van der Waals surface area contributed by atoms with E-state index in [0.29, 0.717) is 50.9 Å². The van der Waals surface area contributed by atoms with Crippen molar-refractivity contribution in [1.82, 2.24) is 9.55 Å². The number of halogens is 3. The van der Waals surface area contributed by atoms with E-state index in [1.54, 1.807) is 17.7 Å². The van der Waals surface area contributed by atoms with Gasteiger partial charge in [0.2, 0.25) is 0 Å². The van der Waals surface area contributed by atoms with Gasteiger partial charge in [-0.15, -0.1) is 11.8 Å². The molecular formula is C25H26ClF2N3O2S. The third kappa shape index (κ3) is 4.10. The molecule has 5 rings (SSSR count). The zero-order valence-corrected chi connectivity index (χ0v) is 20.8. The average Bonchev–Trinajstić information content (AvgIpc) is 2.97. The van der Waals surface area contributed by atoms with Gasteiger partial charge >= 0.3 is 5.69 Å². The van der Waals surface area contributed by atoms with Crippen molar-refractivity contribution in [3.63, 3.8) is 0 Å². The van der Waals surface area contributed by atoms with Gasteiger partial charge in [-0.1, -0.05) is 25.4 Å². The molecule has 0 saturated carbocycles. The van der Waals surface area contributed by atoms with Gasteiger partial charge in [-0.3, -0.25) is 4.57 Å². The van der Waals surface area contributed by atoms with Crippen LogP contribution in [0.1, 0.15) is 20.3 Å². The molecule has 9 heteroatoms. The van der Waals surface area contributed by atoms with Crippen LogP contribution in [0.2, 0.25) is 5.02 Å². The van der Waals surface area contributed by atoms with Crippen molar-refractivity contribution in [2.75, 3.05) is 30.9 Å². The summed E-state index contributed by atoms with van der Waals surface area (Å²) in [6, 6.07) is 5.23. The van der Waals surface area contributed by atoms with E-state index in [9.17, 15) is 13.6 Å². The maximum absolute atomic E-state index is 14.9. The number of anilines is 1. The lowest BCUT2D eigenvalue weighted by Gasteiger charge is -2.36. The van der Waals surface area contributed by atoms with E-state index in [0.717, 1.165) is 31.0 Å². The molecule has 3 aromatic rings. The largest absolute Gasteiger partial charge is 0.379 e. The minimum atomic E-state index is -0.701. The van der Waals surface area contributed by atoms with E-state index in [1.165, 1.54) is 23.9 Å². The van der Waals surface area contributed by atoms with Crippen LogP contribution in [0, 0.1) is 23.5 Å². The summed E-state index contributed by atoms with van der Waals surface area (Å²) in [5.41, 5.74) is 0.962. The molecule has 2 aromatic carbocycles. The smallest absolute Gasteiger partial charge is 0.350 e. The highest BCUT2D eigenvalue weighted by Crippen LogP contribution is 2.46. The number of hydrogen-bond donors (Lipinski definition) is 0. The molecule has 0 unspecified atom stereocenters. The van der Waals surface area contributed by atoms with E-state index in [1.807, 2.05) is 0 Å². The van der Waals surface area contributed by atoms with E-state index >= 15 is 0 Å². The van der Waals surface area contributed by atoms with Crippen LogP contribution in [-0.2, 0) is 11.3 Å². The van der Waals surface area contributed by atoms with Gasteiger partial charge in [0, 0.05) is 53.4 Å². The van der Waals surface area contributed by atoms with Crippen molar-refractivity contribution < 1.29 is 13.5 Å². The van der Waals surface area contributed by atoms with Gasteiger partial charge in [0.1, 0.15) is 17.5 Å². The first-order chi connectivity index (χ1) is 16.3. The molecule has 1 fully saturated rings. The Morgan fingerprint density at radius 3 is 2.56 bits per heavy atom. The van der Waals surface area contributed by atoms with E-state index in [-0.39, 0.29) is 17.4 Å². The minimum Gasteiger partial charge on any atom is -0.379 e. The van der Waals surface area contributed by atoms with Crippen LogP contribution in [0.3, 0.4) is 0 Å². The zero-order valence-electron chi connectivity index (χ0n) is 19.3. The highest BCUT2D eigenvalue weighted by molar-refractivity contribution is 7.99. The molecule has 2 aliphatic rings. The molecule has 0 N–H and O–H groups in total. The predicted molar refractivity (Wildman–Crippen MR) is 133 cm³/mol.